The van der Waals surface area contributed by atoms with E-state index in [2.05, 4.69) is 50.4 Å². The number of ether oxygens (including phenoxy) is 1. The molecule has 0 aliphatic heterocycles. The third-order valence-electron chi connectivity index (χ3n) is 5.03. The molecule has 0 aromatic heterocycles. The van der Waals surface area contributed by atoms with Gasteiger partial charge in [-0.05, 0) is 56.2 Å². The third-order valence-corrected chi connectivity index (χ3v) is 5.03. The van der Waals surface area contributed by atoms with E-state index in [-0.39, 0.29) is 5.60 Å². The Morgan fingerprint density at radius 2 is 2.10 bits per heavy atom. The maximum atomic E-state index is 5.84. The molecule has 3 unspecified atom stereocenters. The summed E-state index contributed by atoms with van der Waals surface area (Å²) in [6.07, 6.45) is 4.61. The van der Waals surface area contributed by atoms with Crippen molar-refractivity contribution in [3.8, 4) is 0 Å². The molecular weight excluding hydrogens is 246 g/mol. The fourth-order valence-corrected chi connectivity index (χ4v) is 3.26. The summed E-state index contributed by atoms with van der Waals surface area (Å²) in [5.74, 6) is 0.696. The normalized spacial score (nSPS) is 21.7. The summed E-state index contributed by atoms with van der Waals surface area (Å²) in [6.45, 7) is 7.75. The van der Waals surface area contributed by atoms with Gasteiger partial charge >= 0.3 is 0 Å². The number of benzene rings is 1. The standard InChI is InChI=1S/C18H29NO/c1-5-11-19-17(18(3,6-2)20-4)13-15-12-14-9-7-8-10-16(14)15/h7-10,15,17,19H,5-6,11-13H2,1-4H3. The van der Waals surface area contributed by atoms with Crippen molar-refractivity contribution in [3.63, 3.8) is 0 Å². The molecule has 0 bridgehead atoms. The smallest absolute Gasteiger partial charge is 0.0800 e. The highest BCUT2D eigenvalue weighted by atomic mass is 16.5. The summed E-state index contributed by atoms with van der Waals surface area (Å²) < 4.78 is 5.84. The monoisotopic (exact) mass is 275 g/mol. The lowest BCUT2D eigenvalue weighted by Crippen LogP contribution is -2.51. The molecular formula is C18H29NO. The van der Waals surface area contributed by atoms with Crippen LogP contribution in [0.15, 0.2) is 24.3 Å². The van der Waals surface area contributed by atoms with Gasteiger partial charge in [0, 0.05) is 13.2 Å². The van der Waals surface area contributed by atoms with Crippen molar-refractivity contribution in [1.29, 1.82) is 0 Å². The first-order valence-electron chi connectivity index (χ1n) is 8.01. The first-order valence-corrected chi connectivity index (χ1v) is 8.01. The van der Waals surface area contributed by atoms with E-state index in [1.54, 1.807) is 5.56 Å². The molecule has 112 valence electrons. The predicted molar refractivity (Wildman–Crippen MR) is 85.3 cm³/mol. The van der Waals surface area contributed by atoms with Gasteiger partial charge in [-0.3, -0.25) is 0 Å². The lowest BCUT2D eigenvalue weighted by atomic mass is 9.72. The van der Waals surface area contributed by atoms with Crippen LogP contribution in [0.25, 0.3) is 0 Å². The van der Waals surface area contributed by atoms with E-state index in [0.29, 0.717) is 12.0 Å². The van der Waals surface area contributed by atoms with Crippen LogP contribution in [-0.2, 0) is 11.2 Å². The van der Waals surface area contributed by atoms with E-state index in [4.69, 9.17) is 4.74 Å². The lowest BCUT2D eigenvalue weighted by Gasteiger charge is -2.41. The second kappa shape index (κ2) is 6.73. The Hall–Kier alpha value is -0.860. The van der Waals surface area contributed by atoms with Gasteiger partial charge in [0.25, 0.3) is 0 Å². The van der Waals surface area contributed by atoms with Crippen molar-refractivity contribution in [1.82, 2.24) is 5.32 Å². The first-order chi connectivity index (χ1) is 9.64. The van der Waals surface area contributed by atoms with Crippen LogP contribution < -0.4 is 5.32 Å². The van der Waals surface area contributed by atoms with E-state index in [1.165, 1.54) is 24.8 Å². The fraction of sp³-hybridized carbons (Fsp3) is 0.667. The zero-order valence-electron chi connectivity index (χ0n) is 13.4. The minimum atomic E-state index is -0.0697. The van der Waals surface area contributed by atoms with E-state index in [0.717, 1.165) is 13.0 Å². The largest absolute Gasteiger partial charge is 0.377 e. The Kier molecular flexibility index (Phi) is 5.22. The van der Waals surface area contributed by atoms with Crippen LogP contribution in [0.4, 0.5) is 0 Å². The lowest BCUT2D eigenvalue weighted by molar-refractivity contribution is -0.0332. The van der Waals surface area contributed by atoms with Crippen LogP contribution in [-0.4, -0.2) is 25.3 Å². The van der Waals surface area contributed by atoms with E-state index in [1.807, 2.05) is 7.11 Å². The quantitative estimate of drug-likeness (QED) is 0.777. The molecule has 1 aromatic carbocycles. The Bertz CT molecular complexity index is 425. The summed E-state index contributed by atoms with van der Waals surface area (Å²) in [4.78, 5) is 0. The summed E-state index contributed by atoms with van der Waals surface area (Å²) in [5.41, 5.74) is 3.01. The van der Waals surface area contributed by atoms with Crippen LogP contribution in [0.3, 0.4) is 0 Å². The van der Waals surface area contributed by atoms with Gasteiger partial charge in [0.15, 0.2) is 0 Å². The van der Waals surface area contributed by atoms with Crippen LogP contribution in [0, 0.1) is 0 Å². The molecule has 1 aliphatic carbocycles. The Labute approximate surface area is 123 Å². The van der Waals surface area contributed by atoms with Gasteiger partial charge in [-0.25, -0.2) is 0 Å². The number of nitrogens with one attached hydrogen (secondary N) is 1. The molecule has 0 fully saturated rings. The Balaban J connectivity index is 2.06. The number of hydrogen-bond acceptors (Lipinski definition) is 2. The van der Waals surface area contributed by atoms with Crippen molar-refractivity contribution < 1.29 is 4.74 Å². The molecule has 0 saturated carbocycles. The van der Waals surface area contributed by atoms with Gasteiger partial charge < -0.3 is 10.1 Å². The maximum absolute atomic E-state index is 5.84. The molecule has 1 aromatic rings. The van der Waals surface area contributed by atoms with E-state index < -0.39 is 0 Å². The number of rotatable bonds is 8. The SMILES string of the molecule is CCCNC(CC1Cc2ccccc21)C(C)(CC)OC. The Morgan fingerprint density at radius 3 is 2.70 bits per heavy atom. The van der Waals surface area contributed by atoms with E-state index in [9.17, 15) is 0 Å². The third kappa shape index (κ3) is 3.07. The van der Waals surface area contributed by atoms with Crippen molar-refractivity contribution in [2.75, 3.05) is 13.7 Å². The molecule has 2 heteroatoms. The van der Waals surface area contributed by atoms with Gasteiger partial charge in [0.2, 0.25) is 0 Å². The highest BCUT2D eigenvalue weighted by Crippen LogP contribution is 2.40. The highest BCUT2D eigenvalue weighted by Gasteiger charge is 2.36. The van der Waals surface area contributed by atoms with Gasteiger partial charge in [-0.2, -0.15) is 0 Å². The highest BCUT2D eigenvalue weighted by molar-refractivity contribution is 5.40. The second-order valence-electron chi connectivity index (χ2n) is 6.21. The molecule has 1 aliphatic rings. The van der Waals surface area contributed by atoms with Gasteiger partial charge in [0.1, 0.15) is 0 Å². The minimum Gasteiger partial charge on any atom is -0.377 e. The molecule has 2 rings (SSSR count). The van der Waals surface area contributed by atoms with Crippen LogP contribution in [0.2, 0.25) is 0 Å². The van der Waals surface area contributed by atoms with Gasteiger partial charge in [0.05, 0.1) is 5.60 Å². The van der Waals surface area contributed by atoms with Gasteiger partial charge in [-0.15, -0.1) is 0 Å². The molecule has 0 spiro atoms. The average molecular weight is 275 g/mol. The van der Waals surface area contributed by atoms with Crippen molar-refractivity contribution >= 4 is 0 Å². The zero-order chi connectivity index (χ0) is 14.6. The number of fused-ring (bicyclic) bond motifs is 1. The minimum absolute atomic E-state index is 0.0697. The van der Waals surface area contributed by atoms with Crippen molar-refractivity contribution in [3.05, 3.63) is 35.4 Å². The fourth-order valence-electron chi connectivity index (χ4n) is 3.26. The molecule has 0 heterocycles. The van der Waals surface area contributed by atoms with Crippen LogP contribution in [0.1, 0.15) is 57.1 Å². The number of methoxy groups -OCH3 is 1. The van der Waals surface area contributed by atoms with Gasteiger partial charge in [-0.1, -0.05) is 38.1 Å². The molecule has 0 amide bonds. The van der Waals surface area contributed by atoms with Crippen molar-refractivity contribution in [2.45, 2.75) is 64.0 Å². The van der Waals surface area contributed by atoms with Crippen LogP contribution >= 0.6 is 0 Å². The Morgan fingerprint density at radius 1 is 1.35 bits per heavy atom. The molecule has 0 radical (unpaired) electrons. The van der Waals surface area contributed by atoms with Crippen molar-refractivity contribution in [2.24, 2.45) is 0 Å². The molecule has 0 saturated heterocycles. The molecule has 2 nitrogen and oxygen atoms in total. The second-order valence-corrected chi connectivity index (χ2v) is 6.21. The van der Waals surface area contributed by atoms with Crippen LogP contribution in [0.5, 0.6) is 0 Å². The van der Waals surface area contributed by atoms with E-state index >= 15 is 0 Å². The summed E-state index contributed by atoms with van der Waals surface area (Å²) in [5, 5.41) is 3.72. The maximum Gasteiger partial charge on any atom is 0.0800 e. The summed E-state index contributed by atoms with van der Waals surface area (Å²) >= 11 is 0. The molecule has 1 N–H and O–H groups in total. The zero-order valence-corrected chi connectivity index (χ0v) is 13.4. The first kappa shape index (κ1) is 15.5. The predicted octanol–water partition coefficient (Wildman–Crippen LogP) is 3.90. The molecule has 20 heavy (non-hydrogen) atoms. The number of hydrogen-bond donors (Lipinski definition) is 1. The average Bonchev–Trinajstić information content (AvgIpc) is 2.47. The summed E-state index contributed by atoms with van der Waals surface area (Å²) in [6, 6.07) is 9.28. The topological polar surface area (TPSA) is 21.3 Å². The summed E-state index contributed by atoms with van der Waals surface area (Å²) in [7, 11) is 1.85. The molecule has 3 atom stereocenters.